The van der Waals surface area contributed by atoms with Crippen LogP contribution in [0.2, 0.25) is 0 Å². The second-order valence-electron chi connectivity index (χ2n) is 5.63. The van der Waals surface area contributed by atoms with Crippen molar-refractivity contribution >= 4 is 23.4 Å². The predicted molar refractivity (Wildman–Crippen MR) is 79.4 cm³/mol. The van der Waals surface area contributed by atoms with Gasteiger partial charge < -0.3 is 15.4 Å². The summed E-state index contributed by atoms with van der Waals surface area (Å²) in [4.78, 5) is 25.5. The molecule has 2 N–H and O–H groups in total. The molecule has 0 radical (unpaired) electrons. The van der Waals surface area contributed by atoms with Crippen molar-refractivity contribution < 1.29 is 14.3 Å². The van der Waals surface area contributed by atoms with Gasteiger partial charge in [0, 0.05) is 11.4 Å². The minimum absolute atomic E-state index is 0.0406. The maximum absolute atomic E-state index is 12.4. The largest absolute Gasteiger partial charge is 0.447 e. The third kappa shape index (κ3) is 2.71. The van der Waals surface area contributed by atoms with Gasteiger partial charge in [0.2, 0.25) is 5.91 Å². The molecule has 2 aliphatic heterocycles. The monoisotopic (exact) mass is 289 g/mol. The minimum Gasteiger partial charge on any atom is -0.447 e. The van der Waals surface area contributed by atoms with Crippen LogP contribution < -0.4 is 15.5 Å². The van der Waals surface area contributed by atoms with Crippen LogP contribution in [0.5, 0.6) is 0 Å². The Balaban J connectivity index is 1.74. The third-order valence-electron chi connectivity index (χ3n) is 4.05. The topological polar surface area (TPSA) is 70.7 Å². The lowest BCUT2D eigenvalue weighted by molar-refractivity contribution is -0.121. The molecule has 0 bridgehead atoms. The molecule has 2 amide bonds. The van der Waals surface area contributed by atoms with Crippen LogP contribution in [0.25, 0.3) is 0 Å². The molecule has 21 heavy (non-hydrogen) atoms. The summed E-state index contributed by atoms with van der Waals surface area (Å²) in [5.74, 6) is -0.0406. The van der Waals surface area contributed by atoms with Gasteiger partial charge in [-0.1, -0.05) is 6.07 Å². The third-order valence-corrected chi connectivity index (χ3v) is 4.05. The normalized spacial score (nSPS) is 25.0. The SMILES string of the molecule is CC1(C(=O)Nc2cccc(N3CCOC3=O)c2)CCCN1. The summed E-state index contributed by atoms with van der Waals surface area (Å²) in [7, 11) is 0. The molecular weight excluding hydrogens is 270 g/mol. The van der Waals surface area contributed by atoms with Crippen molar-refractivity contribution in [3.63, 3.8) is 0 Å². The highest BCUT2D eigenvalue weighted by molar-refractivity contribution is 5.99. The van der Waals surface area contributed by atoms with Crippen LogP contribution in [0.3, 0.4) is 0 Å². The van der Waals surface area contributed by atoms with Gasteiger partial charge in [0.15, 0.2) is 0 Å². The predicted octanol–water partition coefficient (Wildman–Crippen LogP) is 1.72. The van der Waals surface area contributed by atoms with Crippen LogP contribution in [0.15, 0.2) is 24.3 Å². The number of hydrogen-bond acceptors (Lipinski definition) is 4. The Morgan fingerprint density at radius 1 is 1.48 bits per heavy atom. The molecule has 112 valence electrons. The second-order valence-corrected chi connectivity index (χ2v) is 5.63. The average Bonchev–Trinajstić information content (AvgIpc) is 3.09. The maximum Gasteiger partial charge on any atom is 0.414 e. The molecule has 1 aromatic rings. The molecule has 1 aromatic carbocycles. The number of ether oxygens (including phenoxy) is 1. The Kier molecular flexibility index (Phi) is 3.55. The molecule has 6 nitrogen and oxygen atoms in total. The summed E-state index contributed by atoms with van der Waals surface area (Å²) in [6, 6.07) is 7.27. The number of hydrogen-bond donors (Lipinski definition) is 2. The highest BCUT2D eigenvalue weighted by atomic mass is 16.6. The summed E-state index contributed by atoms with van der Waals surface area (Å²) >= 11 is 0. The Morgan fingerprint density at radius 3 is 3.00 bits per heavy atom. The van der Waals surface area contributed by atoms with Gasteiger partial charge in [-0.25, -0.2) is 4.79 Å². The van der Waals surface area contributed by atoms with E-state index in [9.17, 15) is 9.59 Å². The molecule has 6 heteroatoms. The van der Waals surface area contributed by atoms with Gasteiger partial charge in [0.1, 0.15) is 6.61 Å². The fourth-order valence-corrected chi connectivity index (χ4v) is 2.74. The van der Waals surface area contributed by atoms with Crippen LogP contribution >= 0.6 is 0 Å². The lowest BCUT2D eigenvalue weighted by Gasteiger charge is -2.23. The fourth-order valence-electron chi connectivity index (χ4n) is 2.74. The van der Waals surface area contributed by atoms with Crippen molar-refractivity contribution in [3.05, 3.63) is 24.3 Å². The first kappa shape index (κ1) is 13.9. The van der Waals surface area contributed by atoms with Gasteiger partial charge in [-0.3, -0.25) is 9.69 Å². The number of anilines is 2. The summed E-state index contributed by atoms with van der Waals surface area (Å²) in [5, 5.41) is 6.16. The van der Waals surface area contributed by atoms with Crippen molar-refractivity contribution in [2.75, 3.05) is 29.9 Å². The number of nitrogens with one attached hydrogen (secondary N) is 2. The Morgan fingerprint density at radius 2 is 2.33 bits per heavy atom. The number of rotatable bonds is 3. The minimum atomic E-state index is -0.511. The number of cyclic esters (lactones) is 1. The standard InChI is InChI=1S/C15H19N3O3/c1-15(6-3-7-16-15)13(19)17-11-4-2-5-12(10-11)18-8-9-21-14(18)20/h2,4-5,10,16H,3,6-9H2,1H3,(H,17,19). The van der Waals surface area contributed by atoms with Crippen molar-refractivity contribution in [1.82, 2.24) is 5.32 Å². The van der Waals surface area contributed by atoms with Gasteiger partial charge in [0.25, 0.3) is 0 Å². The van der Waals surface area contributed by atoms with E-state index in [2.05, 4.69) is 10.6 Å². The van der Waals surface area contributed by atoms with Crippen molar-refractivity contribution in [2.45, 2.75) is 25.3 Å². The van der Waals surface area contributed by atoms with Gasteiger partial charge in [-0.2, -0.15) is 0 Å². The van der Waals surface area contributed by atoms with E-state index in [0.717, 1.165) is 25.1 Å². The molecule has 1 atom stereocenters. The Bertz CT molecular complexity index is 567. The second kappa shape index (κ2) is 5.37. The number of carbonyl (C=O) groups is 2. The molecular formula is C15H19N3O3. The molecule has 2 saturated heterocycles. The lowest BCUT2D eigenvalue weighted by Crippen LogP contribution is -2.47. The molecule has 1 unspecified atom stereocenters. The van der Waals surface area contributed by atoms with E-state index in [1.807, 2.05) is 25.1 Å². The van der Waals surface area contributed by atoms with Gasteiger partial charge in [0.05, 0.1) is 12.1 Å². The first-order chi connectivity index (χ1) is 10.1. The van der Waals surface area contributed by atoms with Crippen LogP contribution in [-0.2, 0) is 9.53 Å². The average molecular weight is 289 g/mol. The Labute approximate surface area is 123 Å². The molecule has 0 aromatic heterocycles. The summed E-state index contributed by atoms with van der Waals surface area (Å²) < 4.78 is 4.93. The summed E-state index contributed by atoms with van der Waals surface area (Å²) in [6.07, 6.45) is 1.49. The Hall–Kier alpha value is -2.08. The van der Waals surface area contributed by atoms with Crippen LogP contribution in [0.4, 0.5) is 16.2 Å². The van der Waals surface area contributed by atoms with Gasteiger partial charge >= 0.3 is 6.09 Å². The molecule has 0 saturated carbocycles. The van der Waals surface area contributed by atoms with Crippen LogP contribution in [0, 0.1) is 0 Å². The fraction of sp³-hybridized carbons (Fsp3) is 0.467. The van der Waals surface area contributed by atoms with Crippen LogP contribution in [-0.4, -0.2) is 37.2 Å². The van der Waals surface area contributed by atoms with E-state index in [-0.39, 0.29) is 12.0 Å². The molecule has 3 rings (SSSR count). The van der Waals surface area contributed by atoms with E-state index in [1.165, 1.54) is 0 Å². The first-order valence-corrected chi connectivity index (χ1v) is 7.19. The number of carbonyl (C=O) groups excluding carboxylic acids is 2. The highest BCUT2D eigenvalue weighted by Crippen LogP contribution is 2.25. The molecule has 2 aliphatic rings. The number of benzene rings is 1. The number of nitrogens with zero attached hydrogens (tertiary/aromatic N) is 1. The zero-order valence-corrected chi connectivity index (χ0v) is 12.0. The van der Waals surface area contributed by atoms with Crippen LogP contribution in [0.1, 0.15) is 19.8 Å². The lowest BCUT2D eigenvalue weighted by atomic mass is 9.99. The van der Waals surface area contributed by atoms with Gasteiger partial charge in [-0.15, -0.1) is 0 Å². The van der Waals surface area contributed by atoms with Gasteiger partial charge in [-0.05, 0) is 44.5 Å². The molecule has 0 aliphatic carbocycles. The van der Waals surface area contributed by atoms with E-state index in [0.29, 0.717) is 18.8 Å². The quantitative estimate of drug-likeness (QED) is 0.889. The van der Waals surface area contributed by atoms with Crippen molar-refractivity contribution in [2.24, 2.45) is 0 Å². The van der Waals surface area contributed by atoms with E-state index < -0.39 is 5.54 Å². The highest BCUT2D eigenvalue weighted by Gasteiger charge is 2.35. The number of amides is 2. The maximum atomic E-state index is 12.4. The summed E-state index contributed by atoms with van der Waals surface area (Å²) in [5.41, 5.74) is 0.912. The molecule has 2 heterocycles. The zero-order valence-electron chi connectivity index (χ0n) is 12.0. The van der Waals surface area contributed by atoms with E-state index >= 15 is 0 Å². The first-order valence-electron chi connectivity index (χ1n) is 7.19. The zero-order chi connectivity index (χ0) is 14.9. The smallest absolute Gasteiger partial charge is 0.414 e. The molecule has 2 fully saturated rings. The van der Waals surface area contributed by atoms with E-state index in [1.54, 1.807) is 11.0 Å². The summed E-state index contributed by atoms with van der Waals surface area (Å²) in [6.45, 7) is 3.72. The van der Waals surface area contributed by atoms with Crippen molar-refractivity contribution in [1.29, 1.82) is 0 Å². The van der Waals surface area contributed by atoms with Crippen molar-refractivity contribution in [3.8, 4) is 0 Å². The van der Waals surface area contributed by atoms with E-state index in [4.69, 9.17) is 4.74 Å². The molecule has 0 spiro atoms.